The van der Waals surface area contributed by atoms with E-state index in [0.29, 0.717) is 11.1 Å². The average molecular weight is 875 g/mol. The third kappa shape index (κ3) is 9.86. The predicted molar refractivity (Wildman–Crippen MR) is 274 cm³/mol. The van der Waals surface area contributed by atoms with Gasteiger partial charge in [-0.1, -0.05) is 111 Å². The quantitative estimate of drug-likeness (QED) is 0.101. The van der Waals surface area contributed by atoms with Gasteiger partial charge in [0.05, 0.1) is 23.3 Å². The molecular weight excluding hydrogens is 829 g/mol. The van der Waals surface area contributed by atoms with E-state index in [4.69, 9.17) is 0 Å². The van der Waals surface area contributed by atoms with Crippen LogP contribution in [0.4, 0.5) is 22.7 Å². The Hall–Kier alpha value is -7.48. The molecule has 0 saturated heterocycles. The van der Waals surface area contributed by atoms with Crippen molar-refractivity contribution in [1.82, 2.24) is 0 Å². The van der Waals surface area contributed by atoms with E-state index in [2.05, 4.69) is 206 Å². The molecule has 0 unspecified atom stereocenters. The van der Waals surface area contributed by atoms with E-state index >= 15 is 0 Å². The number of thioether (sulfide) groups is 2. The Morgan fingerprint density at radius 2 is 0.862 bits per heavy atom. The molecular formula is C59H46N4S2. The van der Waals surface area contributed by atoms with E-state index in [0.717, 1.165) is 45.4 Å². The summed E-state index contributed by atoms with van der Waals surface area (Å²) in [5.74, 6) is 1.67. The van der Waals surface area contributed by atoms with E-state index in [1.165, 1.54) is 43.2 Å². The summed E-state index contributed by atoms with van der Waals surface area (Å²) in [5, 5.41) is 18.4. The molecule has 6 heteroatoms. The third-order valence-electron chi connectivity index (χ3n) is 11.8. The lowest BCUT2D eigenvalue weighted by Crippen LogP contribution is -2.17. The van der Waals surface area contributed by atoms with Crippen LogP contribution in [-0.4, -0.2) is 0 Å². The fraction of sp³-hybridized carbons (Fsp3) is 0.0847. The monoisotopic (exact) mass is 874 g/mol. The summed E-state index contributed by atoms with van der Waals surface area (Å²) in [5.41, 5.74) is 15.3. The standard InChI is InChI=1S/C59H46N4S2/c1-59(2)57-37-51(62(49-13-5-3-6-14-49)33-31-43-11-9-17-53(35-43)64-41-47-23-19-45(39-60)20-24-47)27-29-55(57)56-30-28-52(38-58(56)59)63(50-15-7-4-8-16-50)34-32-44-12-10-18-54(36-44)65-42-48-25-21-46(40-61)22-26-48/h3-38H,41-42H2,1-2H3/b33-31+,34-32+. The van der Waals surface area contributed by atoms with Crippen LogP contribution in [0.25, 0.3) is 23.3 Å². The molecule has 0 saturated carbocycles. The first-order chi connectivity index (χ1) is 31.8. The molecule has 65 heavy (non-hydrogen) atoms. The van der Waals surface area contributed by atoms with Crippen LogP contribution in [0.5, 0.6) is 0 Å². The van der Waals surface area contributed by atoms with Gasteiger partial charge in [0.15, 0.2) is 0 Å². The molecule has 1 aliphatic rings. The van der Waals surface area contributed by atoms with E-state index in [1.807, 2.05) is 48.5 Å². The molecule has 8 aromatic carbocycles. The Morgan fingerprint density at radius 1 is 0.446 bits per heavy atom. The Kier molecular flexibility index (Phi) is 12.8. The van der Waals surface area contributed by atoms with Crippen molar-refractivity contribution >= 4 is 58.4 Å². The average Bonchev–Trinajstić information content (AvgIpc) is 3.58. The Bertz CT molecular complexity index is 2880. The lowest BCUT2D eigenvalue weighted by Gasteiger charge is -2.27. The highest BCUT2D eigenvalue weighted by atomic mass is 32.2. The number of rotatable bonds is 14. The molecule has 4 nitrogen and oxygen atoms in total. The molecule has 1 aliphatic carbocycles. The molecule has 8 aromatic rings. The van der Waals surface area contributed by atoms with Crippen LogP contribution in [0.2, 0.25) is 0 Å². The SMILES string of the molecule is CC1(C)c2cc(N(/C=C/c3cccc(SCc4ccc(C#N)cc4)c3)c3ccccc3)ccc2-c2ccc(N(/C=C/c3cccc(SCc4ccc(C#N)cc4)c3)c3ccccc3)cc21. The number of hydrogen-bond acceptors (Lipinski definition) is 6. The second-order valence-electron chi connectivity index (χ2n) is 16.5. The number of para-hydroxylation sites is 2. The highest BCUT2D eigenvalue weighted by Gasteiger charge is 2.36. The summed E-state index contributed by atoms with van der Waals surface area (Å²) in [7, 11) is 0. The van der Waals surface area contributed by atoms with Gasteiger partial charge < -0.3 is 9.80 Å². The molecule has 314 valence electrons. The van der Waals surface area contributed by atoms with E-state index < -0.39 is 0 Å². The predicted octanol–water partition coefficient (Wildman–Crippen LogP) is 15.9. The van der Waals surface area contributed by atoms with Gasteiger partial charge in [0.25, 0.3) is 0 Å². The van der Waals surface area contributed by atoms with Gasteiger partial charge in [-0.05, 0) is 154 Å². The molecule has 0 fully saturated rings. The molecule has 0 aliphatic heterocycles. The number of nitriles is 2. The van der Waals surface area contributed by atoms with Crippen LogP contribution in [0.1, 0.15) is 58.4 Å². The van der Waals surface area contributed by atoms with Gasteiger partial charge >= 0.3 is 0 Å². The molecule has 0 radical (unpaired) electrons. The minimum absolute atomic E-state index is 0.254. The Labute approximate surface area is 391 Å². The maximum absolute atomic E-state index is 9.18. The molecule has 0 atom stereocenters. The van der Waals surface area contributed by atoms with Crippen molar-refractivity contribution in [2.45, 2.75) is 40.6 Å². The van der Waals surface area contributed by atoms with Gasteiger partial charge in [-0.2, -0.15) is 10.5 Å². The first-order valence-electron chi connectivity index (χ1n) is 21.6. The van der Waals surface area contributed by atoms with Crippen LogP contribution < -0.4 is 9.80 Å². The zero-order valence-electron chi connectivity index (χ0n) is 36.3. The summed E-state index contributed by atoms with van der Waals surface area (Å²) in [6.45, 7) is 4.69. The number of nitrogens with zero attached hydrogens (tertiary/aromatic N) is 4. The molecule has 0 amide bonds. The summed E-state index contributed by atoms with van der Waals surface area (Å²) in [4.78, 5) is 6.95. The molecule has 0 spiro atoms. The Morgan fingerprint density at radius 3 is 1.26 bits per heavy atom. The number of hydrogen-bond donors (Lipinski definition) is 0. The van der Waals surface area contributed by atoms with Crippen molar-refractivity contribution in [3.8, 4) is 23.3 Å². The van der Waals surface area contributed by atoms with Crippen LogP contribution >= 0.6 is 23.5 Å². The zero-order chi connectivity index (χ0) is 44.6. The van der Waals surface area contributed by atoms with Gasteiger partial charge in [-0.25, -0.2) is 0 Å². The van der Waals surface area contributed by atoms with Crippen molar-refractivity contribution in [1.29, 1.82) is 10.5 Å². The summed E-state index contributed by atoms with van der Waals surface area (Å²) >= 11 is 3.59. The maximum atomic E-state index is 9.18. The van der Waals surface area contributed by atoms with Crippen LogP contribution in [0.3, 0.4) is 0 Å². The fourth-order valence-electron chi connectivity index (χ4n) is 8.25. The molecule has 0 aromatic heterocycles. The normalized spacial score (nSPS) is 12.4. The first kappa shape index (κ1) is 42.8. The van der Waals surface area contributed by atoms with Crippen LogP contribution in [-0.2, 0) is 16.9 Å². The van der Waals surface area contributed by atoms with E-state index in [9.17, 15) is 10.5 Å². The van der Waals surface area contributed by atoms with Gasteiger partial charge in [0, 0.05) is 61.9 Å². The van der Waals surface area contributed by atoms with Crippen molar-refractivity contribution in [3.63, 3.8) is 0 Å². The lowest BCUT2D eigenvalue weighted by atomic mass is 9.82. The minimum Gasteiger partial charge on any atom is -0.317 e. The second kappa shape index (κ2) is 19.5. The number of fused-ring (bicyclic) bond motifs is 3. The van der Waals surface area contributed by atoms with E-state index in [-0.39, 0.29) is 5.41 Å². The molecule has 0 N–H and O–H groups in total. The zero-order valence-corrected chi connectivity index (χ0v) is 37.9. The minimum atomic E-state index is -0.254. The first-order valence-corrected chi connectivity index (χ1v) is 23.6. The van der Waals surface area contributed by atoms with Crippen molar-refractivity contribution in [2.24, 2.45) is 0 Å². The topological polar surface area (TPSA) is 54.1 Å². The third-order valence-corrected chi connectivity index (χ3v) is 13.9. The summed E-state index contributed by atoms with van der Waals surface area (Å²) in [6, 6.07) is 72.3. The van der Waals surface area contributed by atoms with E-state index in [1.54, 1.807) is 23.5 Å². The summed E-state index contributed by atoms with van der Waals surface area (Å²) < 4.78 is 0. The fourth-order valence-corrected chi connectivity index (χ4v) is 10.1. The molecule has 9 rings (SSSR count). The largest absolute Gasteiger partial charge is 0.317 e. The number of anilines is 4. The second-order valence-corrected chi connectivity index (χ2v) is 18.6. The van der Waals surface area contributed by atoms with Gasteiger partial charge in [-0.3, -0.25) is 0 Å². The maximum Gasteiger partial charge on any atom is 0.0991 e. The van der Waals surface area contributed by atoms with Gasteiger partial charge in [0.1, 0.15) is 0 Å². The molecule has 0 heterocycles. The van der Waals surface area contributed by atoms with Crippen molar-refractivity contribution in [2.75, 3.05) is 9.80 Å². The van der Waals surface area contributed by atoms with Crippen molar-refractivity contribution < 1.29 is 0 Å². The number of benzene rings is 8. The van der Waals surface area contributed by atoms with Gasteiger partial charge in [0.2, 0.25) is 0 Å². The summed E-state index contributed by atoms with van der Waals surface area (Å²) in [6.07, 6.45) is 8.75. The van der Waals surface area contributed by atoms with Crippen molar-refractivity contribution in [3.05, 3.63) is 251 Å². The smallest absolute Gasteiger partial charge is 0.0991 e. The Balaban J connectivity index is 0.971. The highest BCUT2D eigenvalue weighted by molar-refractivity contribution is 7.98. The molecule has 0 bridgehead atoms. The van der Waals surface area contributed by atoms with Gasteiger partial charge in [-0.15, -0.1) is 23.5 Å². The highest BCUT2D eigenvalue weighted by Crippen LogP contribution is 2.51. The lowest BCUT2D eigenvalue weighted by molar-refractivity contribution is 0.660. The van der Waals surface area contributed by atoms with Crippen LogP contribution in [0, 0.1) is 22.7 Å². The van der Waals surface area contributed by atoms with Crippen LogP contribution in [0.15, 0.2) is 216 Å².